The van der Waals surface area contributed by atoms with Crippen molar-refractivity contribution in [1.82, 2.24) is 14.3 Å². The molecule has 2 aromatic heterocycles. The van der Waals surface area contributed by atoms with Gasteiger partial charge >= 0.3 is 11.9 Å². The first kappa shape index (κ1) is 21.9. The molecule has 30 heavy (non-hydrogen) atoms. The number of hydrogen-bond donors (Lipinski definition) is 0. The molecular formula is C22H26ClN3O4. The number of aromatic nitrogens is 3. The Morgan fingerprint density at radius 1 is 1.13 bits per heavy atom. The third kappa shape index (κ3) is 3.47. The largest absolute Gasteiger partial charge is 0.469 e. The van der Waals surface area contributed by atoms with Gasteiger partial charge in [0.1, 0.15) is 5.69 Å². The van der Waals surface area contributed by atoms with Gasteiger partial charge in [-0.2, -0.15) is 5.10 Å². The molecule has 0 N–H and O–H groups in total. The lowest BCUT2D eigenvalue weighted by Crippen LogP contribution is -2.11. The number of ether oxygens (including phenoxy) is 2. The number of carbonyl (C=O) groups is 2. The van der Waals surface area contributed by atoms with Gasteiger partial charge in [-0.3, -0.25) is 9.48 Å². The molecule has 3 rings (SSSR count). The van der Waals surface area contributed by atoms with Crippen LogP contribution in [-0.4, -0.2) is 40.5 Å². The van der Waals surface area contributed by atoms with Crippen LogP contribution in [0.25, 0.3) is 22.0 Å². The average molecular weight is 432 g/mol. The van der Waals surface area contributed by atoms with Crippen molar-refractivity contribution in [3.63, 3.8) is 0 Å². The third-order valence-corrected chi connectivity index (χ3v) is 5.90. The highest BCUT2D eigenvalue weighted by Gasteiger charge is 2.27. The van der Waals surface area contributed by atoms with Gasteiger partial charge in [0.05, 0.1) is 30.5 Å². The summed E-state index contributed by atoms with van der Waals surface area (Å²) < 4.78 is 13.5. The van der Waals surface area contributed by atoms with E-state index in [4.69, 9.17) is 21.1 Å². The van der Waals surface area contributed by atoms with Crippen LogP contribution in [0.15, 0.2) is 12.1 Å². The minimum Gasteiger partial charge on any atom is -0.469 e. The molecule has 7 nitrogen and oxygen atoms in total. The lowest BCUT2D eigenvalue weighted by Gasteiger charge is -2.11. The summed E-state index contributed by atoms with van der Waals surface area (Å²) in [7, 11) is 6.41. The number of hydrogen-bond acceptors (Lipinski definition) is 5. The molecule has 0 radical (unpaired) electrons. The first-order valence-electron chi connectivity index (χ1n) is 9.74. The van der Waals surface area contributed by atoms with E-state index in [1.54, 1.807) is 4.57 Å². The number of halogens is 1. The van der Waals surface area contributed by atoms with Crippen molar-refractivity contribution in [3.8, 4) is 11.1 Å². The van der Waals surface area contributed by atoms with Gasteiger partial charge in [0.25, 0.3) is 0 Å². The van der Waals surface area contributed by atoms with Crippen LogP contribution in [0.4, 0.5) is 0 Å². The maximum absolute atomic E-state index is 12.7. The van der Waals surface area contributed by atoms with Crippen molar-refractivity contribution in [2.24, 2.45) is 14.1 Å². The number of nitrogens with zero attached hydrogens (tertiary/aromatic N) is 3. The molecule has 0 atom stereocenters. The molecule has 0 unspecified atom stereocenters. The summed E-state index contributed by atoms with van der Waals surface area (Å²) in [6.45, 7) is 4.05. The van der Waals surface area contributed by atoms with Crippen molar-refractivity contribution in [2.45, 2.75) is 33.1 Å². The lowest BCUT2D eigenvalue weighted by molar-refractivity contribution is -0.140. The van der Waals surface area contributed by atoms with Crippen LogP contribution < -0.4 is 0 Å². The number of methoxy groups -OCH3 is 2. The Labute approximate surface area is 180 Å². The Hall–Kier alpha value is -2.80. The van der Waals surface area contributed by atoms with Gasteiger partial charge in [0.15, 0.2) is 0 Å². The van der Waals surface area contributed by atoms with E-state index in [2.05, 4.69) is 5.10 Å². The number of carbonyl (C=O) groups excluding carboxylic acids is 2. The zero-order valence-corrected chi connectivity index (χ0v) is 18.9. The van der Waals surface area contributed by atoms with Crippen molar-refractivity contribution < 1.29 is 19.1 Å². The zero-order chi connectivity index (χ0) is 22.2. The van der Waals surface area contributed by atoms with E-state index in [9.17, 15) is 9.59 Å². The number of rotatable bonds is 6. The number of aryl methyl sites for hydroxylation is 4. The smallest absolute Gasteiger partial charge is 0.354 e. The van der Waals surface area contributed by atoms with Crippen LogP contribution in [-0.2, 0) is 41.2 Å². The maximum atomic E-state index is 12.7. The molecule has 0 fully saturated rings. The molecule has 2 heterocycles. The van der Waals surface area contributed by atoms with Crippen molar-refractivity contribution in [3.05, 3.63) is 39.8 Å². The second-order valence-electron chi connectivity index (χ2n) is 7.16. The summed E-state index contributed by atoms with van der Waals surface area (Å²) in [5, 5.41) is 6.06. The molecule has 0 aliphatic carbocycles. The Balaban J connectivity index is 2.39. The zero-order valence-electron chi connectivity index (χ0n) is 18.1. The van der Waals surface area contributed by atoms with Gasteiger partial charge in [-0.05, 0) is 31.4 Å². The Kier molecular flexibility index (Phi) is 6.22. The molecule has 0 saturated carbocycles. The molecule has 8 heteroatoms. The Morgan fingerprint density at radius 3 is 2.43 bits per heavy atom. The average Bonchev–Trinajstić information content (AvgIpc) is 3.19. The Morgan fingerprint density at radius 2 is 1.83 bits per heavy atom. The van der Waals surface area contributed by atoms with E-state index < -0.39 is 5.97 Å². The molecule has 0 bridgehead atoms. The van der Waals surface area contributed by atoms with E-state index >= 15 is 0 Å². The molecule has 0 aliphatic rings. The number of fused-ring (bicyclic) bond motifs is 1. The summed E-state index contributed by atoms with van der Waals surface area (Å²) in [5.41, 5.74) is 5.66. The lowest BCUT2D eigenvalue weighted by atomic mass is 9.97. The summed E-state index contributed by atoms with van der Waals surface area (Å²) >= 11 is 6.70. The van der Waals surface area contributed by atoms with Crippen LogP contribution in [0.1, 0.15) is 40.8 Å². The fourth-order valence-corrected chi connectivity index (χ4v) is 4.27. The van der Waals surface area contributed by atoms with Gasteiger partial charge in [-0.15, -0.1) is 0 Å². The molecular weight excluding hydrogens is 406 g/mol. The molecule has 0 saturated heterocycles. The summed E-state index contributed by atoms with van der Waals surface area (Å²) in [5.74, 6) is -0.803. The predicted molar refractivity (Wildman–Crippen MR) is 116 cm³/mol. The van der Waals surface area contributed by atoms with Crippen molar-refractivity contribution in [1.29, 1.82) is 0 Å². The normalized spacial score (nSPS) is 11.2. The monoisotopic (exact) mass is 431 g/mol. The minimum atomic E-state index is -0.464. The van der Waals surface area contributed by atoms with Gasteiger partial charge in [0.2, 0.25) is 0 Å². The van der Waals surface area contributed by atoms with E-state index in [1.807, 2.05) is 44.8 Å². The second-order valence-corrected chi connectivity index (χ2v) is 7.56. The predicted octanol–water partition coefficient (Wildman–Crippen LogP) is 4.00. The Bertz CT molecular complexity index is 1140. The van der Waals surface area contributed by atoms with Crippen LogP contribution in [0, 0.1) is 6.92 Å². The standard InChI is InChI=1S/C22H26ClN3O4/c1-7-16-18(12(2)26(4)24-16)19-15(23)10-8-13-14(9-11-17(27)29-5)21(22(28)30-6)25(3)20(13)19/h8,10H,7,9,11H2,1-6H3. The number of esters is 2. The molecule has 160 valence electrons. The van der Waals surface area contributed by atoms with Crippen LogP contribution in [0.3, 0.4) is 0 Å². The van der Waals surface area contributed by atoms with Gasteiger partial charge in [-0.1, -0.05) is 24.6 Å². The molecule has 3 aromatic rings. The fraction of sp³-hybridized carbons (Fsp3) is 0.409. The second kappa shape index (κ2) is 8.52. The van der Waals surface area contributed by atoms with Crippen LogP contribution in [0.2, 0.25) is 5.02 Å². The highest BCUT2D eigenvalue weighted by atomic mass is 35.5. The van der Waals surface area contributed by atoms with E-state index in [0.29, 0.717) is 17.1 Å². The summed E-state index contributed by atoms with van der Waals surface area (Å²) in [4.78, 5) is 24.4. The van der Waals surface area contributed by atoms with Gasteiger partial charge in [0, 0.05) is 42.7 Å². The minimum absolute atomic E-state index is 0.156. The van der Waals surface area contributed by atoms with Gasteiger partial charge in [-0.25, -0.2) is 4.79 Å². The highest BCUT2D eigenvalue weighted by molar-refractivity contribution is 6.35. The molecule has 0 amide bonds. The first-order chi connectivity index (χ1) is 14.3. The topological polar surface area (TPSA) is 75.3 Å². The summed E-state index contributed by atoms with van der Waals surface area (Å²) in [6.07, 6.45) is 1.25. The SMILES string of the molecule is CCc1nn(C)c(C)c1-c1c(Cl)ccc2c(CCC(=O)OC)c(C(=O)OC)n(C)c12. The quantitative estimate of drug-likeness (QED) is 0.551. The van der Waals surface area contributed by atoms with Crippen LogP contribution in [0.5, 0.6) is 0 Å². The van der Waals surface area contributed by atoms with E-state index in [0.717, 1.165) is 45.4 Å². The van der Waals surface area contributed by atoms with Crippen molar-refractivity contribution >= 4 is 34.4 Å². The fourth-order valence-electron chi connectivity index (χ4n) is 4.03. The van der Waals surface area contributed by atoms with Gasteiger partial charge < -0.3 is 14.0 Å². The van der Waals surface area contributed by atoms with Crippen LogP contribution >= 0.6 is 11.6 Å². The van der Waals surface area contributed by atoms with E-state index in [1.165, 1.54) is 14.2 Å². The third-order valence-electron chi connectivity index (χ3n) is 5.59. The molecule has 0 aliphatic heterocycles. The van der Waals surface area contributed by atoms with Crippen molar-refractivity contribution in [2.75, 3.05) is 14.2 Å². The first-order valence-corrected chi connectivity index (χ1v) is 10.1. The molecule has 0 spiro atoms. The maximum Gasteiger partial charge on any atom is 0.354 e. The summed E-state index contributed by atoms with van der Waals surface area (Å²) in [6, 6.07) is 3.71. The molecule has 1 aromatic carbocycles. The van der Waals surface area contributed by atoms with E-state index in [-0.39, 0.29) is 12.4 Å². The number of benzene rings is 1. The highest BCUT2D eigenvalue weighted by Crippen LogP contribution is 2.41.